The second kappa shape index (κ2) is 3.81. The zero-order valence-corrected chi connectivity index (χ0v) is 9.79. The predicted molar refractivity (Wildman–Crippen MR) is 62.0 cm³/mol. The number of carbonyl (C=O) groups is 1. The number of nitrogens with one attached hydrogen (secondary N) is 1. The van der Waals surface area contributed by atoms with Crippen molar-refractivity contribution >= 4 is 11.6 Å². The van der Waals surface area contributed by atoms with E-state index in [1.165, 1.54) is 17.3 Å². The van der Waals surface area contributed by atoms with Crippen molar-refractivity contribution in [1.29, 1.82) is 0 Å². The van der Waals surface area contributed by atoms with E-state index in [-0.39, 0.29) is 11.4 Å². The molecule has 0 spiro atoms. The molecule has 0 aliphatic heterocycles. The summed E-state index contributed by atoms with van der Waals surface area (Å²) < 4.78 is 1.52. The first-order chi connectivity index (χ1) is 7.58. The number of amides is 1. The van der Waals surface area contributed by atoms with Crippen molar-refractivity contribution in [1.82, 2.24) is 15.1 Å². The second-order valence-corrected chi connectivity index (χ2v) is 4.51. The molecule has 0 saturated heterocycles. The average Bonchev–Trinajstić information content (AvgIpc) is 2.52. The van der Waals surface area contributed by atoms with Crippen molar-refractivity contribution in [3.63, 3.8) is 0 Å². The first kappa shape index (κ1) is 11.0. The van der Waals surface area contributed by atoms with Gasteiger partial charge in [0.05, 0.1) is 11.9 Å². The Bertz CT molecular complexity index is 381. The number of nitrogen functional groups attached to an aromatic ring is 1. The number of nitrogens with two attached hydrogens (primary N) is 1. The SMILES string of the molecule is CCC1(NC(=O)c2c(N)cnn2C)CCC1. The Morgan fingerprint density at radius 2 is 2.38 bits per heavy atom. The Morgan fingerprint density at radius 3 is 2.75 bits per heavy atom. The van der Waals surface area contributed by atoms with Gasteiger partial charge in [0.15, 0.2) is 0 Å². The number of hydrogen-bond acceptors (Lipinski definition) is 3. The summed E-state index contributed by atoms with van der Waals surface area (Å²) in [5.41, 5.74) is 6.61. The van der Waals surface area contributed by atoms with E-state index in [0.717, 1.165) is 19.3 Å². The molecular weight excluding hydrogens is 204 g/mol. The van der Waals surface area contributed by atoms with Gasteiger partial charge < -0.3 is 11.1 Å². The number of carbonyl (C=O) groups excluding carboxylic acids is 1. The highest BCUT2D eigenvalue weighted by molar-refractivity contribution is 5.97. The zero-order chi connectivity index (χ0) is 11.8. The van der Waals surface area contributed by atoms with Crippen molar-refractivity contribution in [3.05, 3.63) is 11.9 Å². The lowest BCUT2D eigenvalue weighted by Crippen LogP contribution is -2.53. The third kappa shape index (κ3) is 1.66. The zero-order valence-electron chi connectivity index (χ0n) is 9.79. The van der Waals surface area contributed by atoms with Gasteiger partial charge in [0.25, 0.3) is 5.91 Å². The summed E-state index contributed by atoms with van der Waals surface area (Å²) in [5.74, 6) is -0.112. The molecular formula is C11H18N4O. The molecule has 0 radical (unpaired) electrons. The van der Waals surface area contributed by atoms with E-state index >= 15 is 0 Å². The van der Waals surface area contributed by atoms with E-state index in [9.17, 15) is 4.79 Å². The van der Waals surface area contributed by atoms with Gasteiger partial charge in [-0.2, -0.15) is 5.10 Å². The number of hydrogen-bond donors (Lipinski definition) is 2. The molecule has 1 amide bonds. The van der Waals surface area contributed by atoms with Crippen molar-refractivity contribution in [2.75, 3.05) is 5.73 Å². The Balaban J connectivity index is 2.14. The van der Waals surface area contributed by atoms with Gasteiger partial charge in [0, 0.05) is 12.6 Å². The van der Waals surface area contributed by atoms with E-state index in [1.54, 1.807) is 7.05 Å². The van der Waals surface area contributed by atoms with Gasteiger partial charge in [-0.25, -0.2) is 0 Å². The van der Waals surface area contributed by atoms with Crippen molar-refractivity contribution in [2.45, 2.75) is 38.1 Å². The molecule has 1 aromatic rings. The maximum Gasteiger partial charge on any atom is 0.272 e. The summed E-state index contributed by atoms with van der Waals surface area (Å²) in [5, 5.41) is 7.05. The standard InChI is InChI=1S/C11H18N4O/c1-3-11(5-4-6-11)14-10(16)9-8(12)7-13-15(9)2/h7H,3-6,12H2,1-2H3,(H,14,16). The lowest BCUT2D eigenvalue weighted by atomic mass is 9.75. The topological polar surface area (TPSA) is 72.9 Å². The lowest BCUT2D eigenvalue weighted by Gasteiger charge is -2.41. The molecule has 1 aromatic heterocycles. The second-order valence-electron chi connectivity index (χ2n) is 4.51. The van der Waals surface area contributed by atoms with Crippen LogP contribution in [0.25, 0.3) is 0 Å². The highest BCUT2D eigenvalue weighted by Crippen LogP contribution is 2.34. The fraction of sp³-hybridized carbons (Fsp3) is 0.636. The summed E-state index contributed by atoms with van der Waals surface area (Å²) in [6.45, 7) is 2.10. The fourth-order valence-electron chi connectivity index (χ4n) is 2.20. The molecule has 1 aliphatic rings. The maximum absolute atomic E-state index is 12.1. The predicted octanol–water partition coefficient (Wildman–Crippen LogP) is 1.06. The molecule has 0 aromatic carbocycles. The third-order valence-electron chi connectivity index (χ3n) is 3.55. The Labute approximate surface area is 95.0 Å². The lowest BCUT2D eigenvalue weighted by molar-refractivity contribution is 0.0811. The summed E-state index contributed by atoms with van der Waals surface area (Å²) >= 11 is 0. The van der Waals surface area contributed by atoms with Crippen LogP contribution in [0.4, 0.5) is 5.69 Å². The van der Waals surface area contributed by atoms with Crippen LogP contribution in [-0.2, 0) is 7.05 Å². The van der Waals surface area contributed by atoms with Gasteiger partial charge >= 0.3 is 0 Å². The normalized spacial score (nSPS) is 17.9. The van der Waals surface area contributed by atoms with Gasteiger partial charge in [0.1, 0.15) is 5.69 Å². The van der Waals surface area contributed by atoms with Crippen LogP contribution in [0.2, 0.25) is 0 Å². The Morgan fingerprint density at radius 1 is 1.69 bits per heavy atom. The molecule has 2 rings (SSSR count). The van der Waals surface area contributed by atoms with Gasteiger partial charge in [-0.05, 0) is 25.7 Å². The molecule has 5 nitrogen and oxygen atoms in total. The first-order valence-electron chi connectivity index (χ1n) is 5.68. The van der Waals surface area contributed by atoms with E-state index in [2.05, 4.69) is 17.3 Å². The Hall–Kier alpha value is -1.52. The number of nitrogens with zero attached hydrogens (tertiary/aromatic N) is 2. The van der Waals surface area contributed by atoms with Crippen LogP contribution < -0.4 is 11.1 Å². The number of aromatic nitrogens is 2. The molecule has 88 valence electrons. The summed E-state index contributed by atoms with van der Waals surface area (Å²) in [6, 6.07) is 0. The number of aryl methyl sites for hydroxylation is 1. The van der Waals surface area contributed by atoms with Crippen LogP contribution in [0, 0.1) is 0 Å². The van der Waals surface area contributed by atoms with Crippen molar-refractivity contribution in [3.8, 4) is 0 Å². The van der Waals surface area contributed by atoms with Crippen LogP contribution in [0.1, 0.15) is 43.1 Å². The van der Waals surface area contributed by atoms with Crippen LogP contribution in [0.15, 0.2) is 6.20 Å². The van der Waals surface area contributed by atoms with Gasteiger partial charge in [0.2, 0.25) is 0 Å². The molecule has 0 atom stereocenters. The molecule has 1 heterocycles. The monoisotopic (exact) mass is 222 g/mol. The summed E-state index contributed by atoms with van der Waals surface area (Å²) in [7, 11) is 1.73. The van der Waals surface area contributed by atoms with E-state index < -0.39 is 0 Å². The van der Waals surface area contributed by atoms with E-state index in [0.29, 0.717) is 11.4 Å². The first-order valence-corrected chi connectivity index (χ1v) is 5.68. The molecule has 1 fully saturated rings. The highest BCUT2D eigenvalue weighted by atomic mass is 16.2. The number of rotatable bonds is 3. The number of anilines is 1. The van der Waals surface area contributed by atoms with Crippen LogP contribution in [0.3, 0.4) is 0 Å². The molecule has 0 bridgehead atoms. The Kier molecular flexibility index (Phi) is 2.61. The summed E-state index contributed by atoms with van der Waals surface area (Å²) in [6.07, 6.45) is 5.79. The van der Waals surface area contributed by atoms with Crippen LogP contribution in [0.5, 0.6) is 0 Å². The minimum atomic E-state index is -0.112. The molecule has 0 unspecified atom stereocenters. The van der Waals surface area contributed by atoms with Crippen molar-refractivity contribution < 1.29 is 4.79 Å². The average molecular weight is 222 g/mol. The smallest absolute Gasteiger partial charge is 0.272 e. The van der Waals surface area contributed by atoms with Crippen LogP contribution in [-0.4, -0.2) is 21.2 Å². The largest absolute Gasteiger partial charge is 0.396 e. The highest BCUT2D eigenvalue weighted by Gasteiger charge is 2.37. The third-order valence-corrected chi connectivity index (χ3v) is 3.55. The minimum absolute atomic E-state index is 0.00616. The molecule has 16 heavy (non-hydrogen) atoms. The van der Waals surface area contributed by atoms with Gasteiger partial charge in [-0.1, -0.05) is 6.92 Å². The molecule has 5 heteroatoms. The van der Waals surface area contributed by atoms with E-state index in [4.69, 9.17) is 5.73 Å². The molecule has 1 aliphatic carbocycles. The molecule has 1 saturated carbocycles. The minimum Gasteiger partial charge on any atom is -0.396 e. The van der Waals surface area contributed by atoms with Crippen molar-refractivity contribution in [2.24, 2.45) is 7.05 Å². The molecule has 3 N–H and O–H groups in total. The van der Waals surface area contributed by atoms with Gasteiger partial charge in [-0.15, -0.1) is 0 Å². The summed E-state index contributed by atoms with van der Waals surface area (Å²) in [4.78, 5) is 12.1. The fourth-order valence-corrected chi connectivity index (χ4v) is 2.20. The van der Waals surface area contributed by atoms with Gasteiger partial charge in [-0.3, -0.25) is 9.48 Å². The van der Waals surface area contributed by atoms with E-state index in [1.807, 2.05) is 0 Å². The maximum atomic E-state index is 12.1. The quantitative estimate of drug-likeness (QED) is 0.803. The van der Waals surface area contributed by atoms with Crippen LogP contribution >= 0.6 is 0 Å².